The fourth-order valence-corrected chi connectivity index (χ4v) is 1.69. The van der Waals surface area contributed by atoms with E-state index in [2.05, 4.69) is 10.6 Å². The minimum absolute atomic E-state index is 0.216. The maximum Gasteiger partial charge on any atom is 0.319 e. The lowest BCUT2D eigenvalue weighted by molar-refractivity contribution is 0.251. The first kappa shape index (κ1) is 13.0. The molecule has 0 atom stereocenters. The number of anilines is 1. The second-order valence-corrected chi connectivity index (χ2v) is 4.34. The van der Waals surface area contributed by atoms with Gasteiger partial charge in [0.1, 0.15) is 5.75 Å². The number of nitrogens with one attached hydrogen (secondary N) is 2. The Kier molecular flexibility index (Phi) is 4.03. The van der Waals surface area contributed by atoms with Crippen molar-refractivity contribution in [2.45, 2.75) is 13.5 Å². The van der Waals surface area contributed by atoms with Crippen molar-refractivity contribution < 1.29 is 9.90 Å². The standard InChI is InChI=1S/C15H16N2O2/c1-11-3-2-4-13(9-11)17-15(19)16-10-12-5-7-14(18)8-6-12/h2-9,18H,10H2,1H3,(H2,16,17,19). The molecule has 0 bridgehead atoms. The van der Waals surface area contributed by atoms with Crippen molar-refractivity contribution >= 4 is 11.7 Å². The lowest BCUT2D eigenvalue weighted by Crippen LogP contribution is -2.28. The molecule has 4 nitrogen and oxygen atoms in total. The molecule has 4 heteroatoms. The summed E-state index contributed by atoms with van der Waals surface area (Å²) in [4.78, 5) is 11.7. The number of carbonyl (C=O) groups excluding carboxylic acids is 1. The van der Waals surface area contributed by atoms with Crippen molar-refractivity contribution in [1.82, 2.24) is 5.32 Å². The van der Waals surface area contributed by atoms with Crippen LogP contribution in [-0.2, 0) is 6.54 Å². The molecule has 0 aliphatic carbocycles. The van der Waals surface area contributed by atoms with Gasteiger partial charge in [0.05, 0.1) is 0 Å². The zero-order valence-corrected chi connectivity index (χ0v) is 10.7. The van der Waals surface area contributed by atoms with Gasteiger partial charge in [-0.1, -0.05) is 24.3 Å². The van der Waals surface area contributed by atoms with Gasteiger partial charge in [-0.15, -0.1) is 0 Å². The van der Waals surface area contributed by atoms with E-state index < -0.39 is 0 Å². The van der Waals surface area contributed by atoms with Gasteiger partial charge in [0.2, 0.25) is 0 Å². The smallest absolute Gasteiger partial charge is 0.319 e. The minimum Gasteiger partial charge on any atom is -0.508 e. The highest BCUT2D eigenvalue weighted by molar-refractivity contribution is 5.89. The zero-order valence-electron chi connectivity index (χ0n) is 10.7. The highest BCUT2D eigenvalue weighted by Crippen LogP contribution is 2.10. The molecular weight excluding hydrogens is 240 g/mol. The average molecular weight is 256 g/mol. The van der Waals surface area contributed by atoms with Crippen LogP contribution in [0.4, 0.5) is 10.5 Å². The van der Waals surface area contributed by atoms with E-state index >= 15 is 0 Å². The van der Waals surface area contributed by atoms with Crippen molar-refractivity contribution in [3.05, 3.63) is 59.7 Å². The highest BCUT2D eigenvalue weighted by atomic mass is 16.3. The van der Waals surface area contributed by atoms with Gasteiger partial charge in [0, 0.05) is 12.2 Å². The van der Waals surface area contributed by atoms with E-state index in [1.807, 2.05) is 31.2 Å². The molecule has 2 rings (SSSR count). The summed E-state index contributed by atoms with van der Waals surface area (Å²) in [6, 6.07) is 14.1. The quantitative estimate of drug-likeness (QED) is 0.790. The predicted octanol–water partition coefficient (Wildman–Crippen LogP) is 3.02. The van der Waals surface area contributed by atoms with Gasteiger partial charge < -0.3 is 15.7 Å². The van der Waals surface area contributed by atoms with Crippen LogP contribution in [0.25, 0.3) is 0 Å². The summed E-state index contributed by atoms with van der Waals surface area (Å²) < 4.78 is 0. The number of hydrogen-bond donors (Lipinski definition) is 3. The lowest BCUT2D eigenvalue weighted by Gasteiger charge is -2.08. The van der Waals surface area contributed by atoms with Gasteiger partial charge in [0.15, 0.2) is 0 Å². The number of aryl methyl sites for hydroxylation is 1. The van der Waals surface area contributed by atoms with Gasteiger partial charge >= 0.3 is 6.03 Å². The second kappa shape index (κ2) is 5.91. The molecule has 98 valence electrons. The number of amides is 2. The van der Waals surface area contributed by atoms with Crippen molar-refractivity contribution in [3.63, 3.8) is 0 Å². The summed E-state index contributed by atoms with van der Waals surface area (Å²) in [5.74, 6) is 0.216. The van der Waals surface area contributed by atoms with E-state index in [4.69, 9.17) is 5.11 Å². The maximum atomic E-state index is 11.7. The molecule has 0 saturated carbocycles. The Morgan fingerprint density at radius 1 is 1.16 bits per heavy atom. The molecule has 0 aliphatic rings. The first-order valence-electron chi connectivity index (χ1n) is 6.03. The van der Waals surface area contributed by atoms with Crippen LogP contribution in [0, 0.1) is 6.92 Å². The summed E-state index contributed by atoms with van der Waals surface area (Å²) in [7, 11) is 0. The van der Waals surface area contributed by atoms with E-state index in [0.29, 0.717) is 6.54 Å². The van der Waals surface area contributed by atoms with Crippen molar-refractivity contribution in [3.8, 4) is 5.75 Å². The van der Waals surface area contributed by atoms with E-state index in [0.717, 1.165) is 16.8 Å². The topological polar surface area (TPSA) is 61.4 Å². The van der Waals surface area contributed by atoms with Crippen molar-refractivity contribution in [2.24, 2.45) is 0 Å². The van der Waals surface area contributed by atoms with Crippen molar-refractivity contribution in [2.75, 3.05) is 5.32 Å². The number of rotatable bonds is 3. The van der Waals surface area contributed by atoms with E-state index in [-0.39, 0.29) is 11.8 Å². The monoisotopic (exact) mass is 256 g/mol. The summed E-state index contributed by atoms with van der Waals surface area (Å²) in [5, 5.41) is 14.7. The second-order valence-electron chi connectivity index (χ2n) is 4.34. The molecule has 2 aromatic carbocycles. The van der Waals surface area contributed by atoms with Gasteiger partial charge in [-0.25, -0.2) is 4.79 Å². The Balaban J connectivity index is 1.86. The summed E-state index contributed by atoms with van der Waals surface area (Å²) >= 11 is 0. The molecule has 0 aromatic heterocycles. The Hall–Kier alpha value is -2.49. The SMILES string of the molecule is Cc1cccc(NC(=O)NCc2ccc(O)cc2)c1. The fourth-order valence-electron chi connectivity index (χ4n) is 1.69. The van der Waals surface area contributed by atoms with Gasteiger partial charge in [-0.3, -0.25) is 0 Å². The summed E-state index contributed by atoms with van der Waals surface area (Å²) in [6.45, 7) is 2.39. The van der Waals surface area contributed by atoms with Crippen molar-refractivity contribution in [1.29, 1.82) is 0 Å². The third-order valence-corrected chi connectivity index (χ3v) is 2.67. The molecule has 0 fully saturated rings. The molecule has 3 N–H and O–H groups in total. The summed E-state index contributed by atoms with van der Waals surface area (Å²) in [6.07, 6.45) is 0. The molecule has 0 heterocycles. The lowest BCUT2D eigenvalue weighted by atomic mass is 10.2. The molecule has 0 unspecified atom stereocenters. The van der Waals surface area contributed by atoms with Crippen LogP contribution in [0.5, 0.6) is 5.75 Å². The maximum absolute atomic E-state index is 11.7. The normalized spacial score (nSPS) is 9.95. The van der Waals surface area contributed by atoms with E-state index in [1.54, 1.807) is 24.3 Å². The Bertz CT molecular complexity index is 565. The summed E-state index contributed by atoms with van der Waals surface area (Å²) in [5.41, 5.74) is 2.79. The largest absolute Gasteiger partial charge is 0.508 e. The van der Waals surface area contributed by atoms with Gasteiger partial charge in [-0.2, -0.15) is 0 Å². The molecule has 0 saturated heterocycles. The third kappa shape index (κ3) is 4.03. The van der Waals surface area contributed by atoms with Gasteiger partial charge in [0.25, 0.3) is 0 Å². The minimum atomic E-state index is -0.251. The number of carbonyl (C=O) groups is 1. The number of urea groups is 1. The Morgan fingerprint density at radius 3 is 2.58 bits per heavy atom. The van der Waals surface area contributed by atoms with Crippen LogP contribution < -0.4 is 10.6 Å². The first-order valence-corrected chi connectivity index (χ1v) is 6.03. The number of benzene rings is 2. The number of phenolic OH excluding ortho intramolecular Hbond substituents is 1. The number of phenols is 1. The molecule has 19 heavy (non-hydrogen) atoms. The highest BCUT2D eigenvalue weighted by Gasteiger charge is 2.01. The Morgan fingerprint density at radius 2 is 1.89 bits per heavy atom. The number of aromatic hydroxyl groups is 1. The van der Waals surface area contributed by atoms with Crippen LogP contribution in [0.3, 0.4) is 0 Å². The van der Waals surface area contributed by atoms with Crippen LogP contribution >= 0.6 is 0 Å². The van der Waals surface area contributed by atoms with E-state index in [9.17, 15) is 4.79 Å². The fraction of sp³-hybridized carbons (Fsp3) is 0.133. The predicted molar refractivity (Wildman–Crippen MR) is 75.1 cm³/mol. The molecule has 2 amide bonds. The molecule has 0 aliphatic heterocycles. The zero-order chi connectivity index (χ0) is 13.7. The first-order chi connectivity index (χ1) is 9.13. The van der Waals surface area contributed by atoms with Gasteiger partial charge in [-0.05, 0) is 42.3 Å². The van der Waals surface area contributed by atoms with Crippen LogP contribution in [0.15, 0.2) is 48.5 Å². The Labute approximate surface area is 112 Å². The molecule has 0 spiro atoms. The number of hydrogen-bond acceptors (Lipinski definition) is 2. The molecular formula is C15H16N2O2. The van der Waals surface area contributed by atoms with Crippen LogP contribution in [0.2, 0.25) is 0 Å². The van der Waals surface area contributed by atoms with E-state index in [1.165, 1.54) is 0 Å². The average Bonchev–Trinajstić information content (AvgIpc) is 2.38. The molecule has 0 radical (unpaired) electrons. The van der Waals surface area contributed by atoms with Crippen LogP contribution in [-0.4, -0.2) is 11.1 Å². The third-order valence-electron chi connectivity index (χ3n) is 2.67. The molecule has 2 aromatic rings. The van der Waals surface area contributed by atoms with Crippen LogP contribution in [0.1, 0.15) is 11.1 Å².